The number of thiophene rings is 1. The van der Waals surface area contributed by atoms with Crippen LogP contribution >= 0.6 is 11.3 Å². The molecule has 0 bridgehead atoms. The summed E-state index contributed by atoms with van der Waals surface area (Å²) in [6, 6.07) is 3.24. The predicted octanol–water partition coefficient (Wildman–Crippen LogP) is 6.36. The van der Waals surface area contributed by atoms with E-state index < -0.39 is 0 Å². The van der Waals surface area contributed by atoms with E-state index in [9.17, 15) is 4.39 Å². The molecular formula is C32H36FN5S. The first-order chi connectivity index (χ1) is 18.8. The fraction of sp³-hybridized carbons (Fsp3) is 0.250. The second-order valence-corrected chi connectivity index (χ2v) is 10.6. The van der Waals surface area contributed by atoms with Gasteiger partial charge in [0, 0.05) is 28.4 Å². The molecule has 39 heavy (non-hydrogen) atoms. The second-order valence-electron chi connectivity index (χ2n) is 9.58. The van der Waals surface area contributed by atoms with Gasteiger partial charge >= 0.3 is 0 Å². The second kappa shape index (κ2) is 12.8. The molecule has 4 heterocycles. The summed E-state index contributed by atoms with van der Waals surface area (Å²) in [4.78, 5) is 7.66. The molecule has 0 atom stereocenters. The molecule has 0 unspecified atom stereocenters. The molecule has 4 rings (SSSR count). The zero-order valence-electron chi connectivity index (χ0n) is 23.0. The summed E-state index contributed by atoms with van der Waals surface area (Å²) in [6.07, 6.45) is 16.2. The Hall–Kier alpha value is -3.81. The zero-order valence-corrected chi connectivity index (χ0v) is 23.8. The summed E-state index contributed by atoms with van der Waals surface area (Å²) < 4.78 is 13.7. The lowest BCUT2D eigenvalue weighted by atomic mass is 10.0. The Labute approximate surface area is 234 Å². The lowest BCUT2D eigenvalue weighted by molar-refractivity contribution is 0.371. The standard InChI is InChI=1S/C32H36FN5S/c1-7-24(20-38-14-10-11-15-38)17-25(8-2)21(4)16-26-28(9-3)36-37-32(26)23(6)35-29-19-34-18-27(22(29)5)30-12-13-31(33)39-30/h7-9,12-13,16-19,35-36H,1,4,6,10-11,14-15,20H2,2-3,5H3/b24-17+,25-8+,26-16+,28-9+. The van der Waals surface area contributed by atoms with Crippen molar-refractivity contribution >= 4 is 34.9 Å². The Morgan fingerprint density at radius 2 is 1.97 bits per heavy atom. The quantitative estimate of drug-likeness (QED) is 0.294. The smallest absolute Gasteiger partial charge is 0.176 e. The molecule has 5 nitrogen and oxygen atoms in total. The topological polar surface area (TPSA) is 56.8 Å². The minimum Gasteiger partial charge on any atom is -0.353 e. The number of halogens is 1. The van der Waals surface area contributed by atoms with E-state index in [1.165, 1.54) is 24.5 Å². The van der Waals surface area contributed by atoms with E-state index >= 15 is 0 Å². The van der Waals surface area contributed by atoms with Gasteiger partial charge in [0.25, 0.3) is 0 Å². The summed E-state index contributed by atoms with van der Waals surface area (Å²) in [5, 5.41) is 12.6. The molecular weight excluding hydrogens is 505 g/mol. The van der Waals surface area contributed by atoms with Gasteiger partial charge in [0.15, 0.2) is 5.13 Å². The van der Waals surface area contributed by atoms with E-state index in [2.05, 4.69) is 57.3 Å². The van der Waals surface area contributed by atoms with E-state index in [1.54, 1.807) is 18.5 Å². The van der Waals surface area contributed by atoms with Crippen molar-refractivity contribution in [2.24, 2.45) is 0 Å². The molecule has 1 fully saturated rings. The van der Waals surface area contributed by atoms with Gasteiger partial charge in [0.1, 0.15) is 5.69 Å². The normalized spacial score (nSPS) is 15.7. The van der Waals surface area contributed by atoms with E-state index in [0.29, 0.717) is 11.4 Å². The number of aromatic amines is 1. The zero-order chi connectivity index (χ0) is 27.9. The van der Waals surface area contributed by atoms with Crippen molar-refractivity contribution in [3.8, 4) is 10.4 Å². The first kappa shape index (κ1) is 28.2. The van der Waals surface area contributed by atoms with Gasteiger partial charge in [-0.2, -0.15) is 9.49 Å². The Kier molecular flexibility index (Phi) is 9.28. The highest BCUT2D eigenvalue weighted by atomic mass is 32.1. The van der Waals surface area contributed by atoms with E-state index in [0.717, 1.165) is 74.4 Å². The third-order valence-corrected chi connectivity index (χ3v) is 7.86. The third-order valence-electron chi connectivity index (χ3n) is 6.96. The summed E-state index contributed by atoms with van der Waals surface area (Å²) in [5.74, 6) is 0. The maximum Gasteiger partial charge on any atom is 0.176 e. The first-order valence-corrected chi connectivity index (χ1v) is 14.0. The molecule has 0 aromatic carbocycles. The summed E-state index contributed by atoms with van der Waals surface area (Å²) in [6.45, 7) is 21.8. The van der Waals surface area contributed by atoms with Crippen molar-refractivity contribution in [1.29, 1.82) is 0 Å². The van der Waals surface area contributed by atoms with Gasteiger partial charge in [-0.1, -0.05) is 44.0 Å². The van der Waals surface area contributed by atoms with Gasteiger partial charge < -0.3 is 5.32 Å². The van der Waals surface area contributed by atoms with Crippen molar-refractivity contribution in [2.45, 2.75) is 33.6 Å². The summed E-state index contributed by atoms with van der Waals surface area (Å²) >= 11 is 1.10. The molecule has 202 valence electrons. The van der Waals surface area contributed by atoms with Crippen LogP contribution in [0.4, 0.5) is 10.1 Å². The van der Waals surface area contributed by atoms with Crippen LogP contribution in [0.3, 0.4) is 0 Å². The molecule has 0 spiro atoms. The highest BCUT2D eigenvalue weighted by Gasteiger charge is 2.14. The molecule has 0 aliphatic carbocycles. The van der Waals surface area contributed by atoms with Crippen LogP contribution < -0.4 is 15.9 Å². The molecule has 3 aromatic heterocycles. The first-order valence-electron chi connectivity index (χ1n) is 13.1. The largest absolute Gasteiger partial charge is 0.353 e. The minimum atomic E-state index is -0.223. The average molecular weight is 542 g/mol. The molecule has 1 saturated heterocycles. The number of rotatable bonds is 10. The van der Waals surface area contributed by atoms with Crippen molar-refractivity contribution in [2.75, 3.05) is 25.0 Å². The van der Waals surface area contributed by atoms with Crippen LogP contribution in [-0.4, -0.2) is 39.7 Å². The SMILES string of the molecule is C=C/C(=C\C(=C/C)C(=C)/C=c1/c(C(=C)Nc2cncc(-c3ccc(F)s3)c2C)n[nH]/c1=C/C)CN1CCCC1. The number of allylic oxidation sites excluding steroid dienone is 4. The maximum absolute atomic E-state index is 13.7. The molecule has 0 saturated carbocycles. The van der Waals surface area contributed by atoms with Crippen molar-refractivity contribution in [3.05, 3.63) is 106 Å². The van der Waals surface area contributed by atoms with Gasteiger partial charge in [-0.15, -0.1) is 11.3 Å². The number of pyridine rings is 1. The summed E-state index contributed by atoms with van der Waals surface area (Å²) in [7, 11) is 0. The van der Waals surface area contributed by atoms with Gasteiger partial charge in [-0.3, -0.25) is 15.0 Å². The van der Waals surface area contributed by atoms with Crippen molar-refractivity contribution in [3.63, 3.8) is 0 Å². The minimum absolute atomic E-state index is 0.223. The van der Waals surface area contributed by atoms with Crippen molar-refractivity contribution < 1.29 is 4.39 Å². The van der Waals surface area contributed by atoms with Crippen LogP contribution in [-0.2, 0) is 0 Å². The molecule has 7 heteroatoms. The summed E-state index contributed by atoms with van der Waals surface area (Å²) in [5.41, 5.74) is 7.02. The third kappa shape index (κ3) is 6.61. The van der Waals surface area contributed by atoms with E-state index in [-0.39, 0.29) is 5.13 Å². The number of nitrogens with one attached hydrogen (secondary N) is 2. The fourth-order valence-corrected chi connectivity index (χ4v) is 5.53. The lowest BCUT2D eigenvalue weighted by Gasteiger charge is -2.16. The van der Waals surface area contributed by atoms with Crippen molar-refractivity contribution in [1.82, 2.24) is 20.1 Å². The van der Waals surface area contributed by atoms with Crippen LogP contribution in [0, 0.1) is 12.1 Å². The van der Waals surface area contributed by atoms with Crippen LogP contribution in [0.15, 0.2) is 79.2 Å². The maximum atomic E-state index is 13.7. The Balaban J connectivity index is 1.62. The molecule has 1 aliphatic heterocycles. The van der Waals surface area contributed by atoms with Gasteiger partial charge in [-0.05, 0) is 87.2 Å². The van der Waals surface area contributed by atoms with Crippen LogP contribution in [0.5, 0.6) is 0 Å². The van der Waals surface area contributed by atoms with Gasteiger partial charge in [0.05, 0.1) is 22.9 Å². The molecule has 0 amide bonds. The highest BCUT2D eigenvalue weighted by molar-refractivity contribution is 7.13. The van der Waals surface area contributed by atoms with Crippen LogP contribution in [0.25, 0.3) is 28.3 Å². The Morgan fingerprint density at radius 3 is 2.62 bits per heavy atom. The van der Waals surface area contributed by atoms with Crippen LogP contribution in [0.1, 0.15) is 37.9 Å². The number of hydrogen-bond acceptors (Lipinski definition) is 5. The van der Waals surface area contributed by atoms with E-state index in [1.807, 2.05) is 39.0 Å². The number of H-pyrrole nitrogens is 1. The van der Waals surface area contributed by atoms with Crippen LogP contribution in [0.2, 0.25) is 0 Å². The average Bonchev–Trinajstić information content (AvgIpc) is 3.69. The number of aromatic nitrogens is 3. The monoisotopic (exact) mass is 541 g/mol. The fourth-order valence-electron chi connectivity index (χ4n) is 4.73. The number of nitrogens with zero attached hydrogens (tertiary/aromatic N) is 3. The lowest BCUT2D eigenvalue weighted by Crippen LogP contribution is -2.25. The van der Waals surface area contributed by atoms with E-state index in [4.69, 9.17) is 0 Å². The predicted molar refractivity (Wildman–Crippen MR) is 164 cm³/mol. The molecule has 2 N–H and O–H groups in total. The molecule has 3 aromatic rings. The van der Waals surface area contributed by atoms with Gasteiger partial charge in [0.2, 0.25) is 0 Å². The Bertz CT molecular complexity index is 1560. The number of hydrogen-bond donors (Lipinski definition) is 2. The molecule has 1 aliphatic rings. The Morgan fingerprint density at radius 1 is 1.21 bits per heavy atom. The molecule has 0 radical (unpaired) electrons. The van der Waals surface area contributed by atoms with Gasteiger partial charge in [-0.25, -0.2) is 0 Å². The number of likely N-dealkylation sites (tertiary alicyclic amines) is 1. The number of anilines is 1. The highest BCUT2D eigenvalue weighted by Crippen LogP contribution is 2.33.